The smallest absolute Gasteiger partial charge is 0.133 e. The van der Waals surface area contributed by atoms with Crippen LogP contribution >= 0.6 is 36.4 Å². The molecule has 1 aliphatic heterocycles. The molecule has 2 heterocycles. The number of fused-ring (bicyclic) bond motifs is 1. The minimum Gasteiger partial charge on any atom is -0.312 e. The molecule has 74 valence electrons. The zero-order chi connectivity index (χ0) is 7.68. The largest absolute Gasteiger partial charge is 0.312 e. The van der Waals surface area contributed by atoms with Crippen LogP contribution in [0.1, 0.15) is 11.1 Å². The molecule has 0 amide bonds. The van der Waals surface area contributed by atoms with Crippen molar-refractivity contribution in [2.24, 2.45) is 0 Å². The molecule has 0 bridgehead atoms. The van der Waals surface area contributed by atoms with E-state index in [1.165, 1.54) is 11.1 Å². The second kappa shape index (κ2) is 5.66. The molecular weight excluding hydrogens is 230 g/mol. The van der Waals surface area contributed by atoms with Crippen LogP contribution in [0.4, 0.5) is 0 Å². The molecule has 2 rings (SSSR count). The van der Waals surface area contributed by atoms with Crippen LogP contribution in [-0.2, 0) is 13.0 Å². The van der Waals surface area contributed by atoms with Crippen molar-refractivity contribution in [2.45, 2.75) is 13.0 Å². The fourth-order valence-electron chi connectivity index (χ4n) is 1.36. The monoisotopic (exact) mass is 240 g/mol. The fraction of sp³-hybridized carbons (Fsp3) is 0.375. The first-order chi connectivity index (χ1) is 5.38. The molecule has 1 aromatic rings. The molecule has 1 N–H and O–H groups in total. The van der Waals surface area contributed by atoms with E-state index in [9.17, 15) is 0 Å². The fourth-order valence-corrected chi connectivity index (χ4v) is 1.61. The van der Waals surface area contributed by atoms with Gasteiger partial charge in [0.2, 0.25) is 0 Å². The molecule has 0 saturated heterocycles. The van der Waals surface area contributed by atoms with Gasteiger partial charge in [0.05, 0.1) is 0 Å². The topological polar surface area (TPSA) is 24.9 Å². The Bertz CT molecular complexity index is 278. The Morgan fingerprint density at radius 3 is 2.85 bits per heavy atom. The maximum absolute atomic E-state index is 5.89. The first kappa shape index (κ1) is 13.0. The van der Waals surface area contributed by atoms with Gasteiger partial charge in [-0.15, -0.1) is 24.8 Å². The van der Waals surface area contributed by atoms with Gasteiger partial charge in [-0.1, -0.05) is 11.6 Å². The van der Waals surface area contributed by atoms with Crippen molar-refractivity contribution in [2.75, 3.05) is 6.54 Å². The quantitative estimate of drug-likeness (QED) is 0.705. The Morgan fingerprint density at radius 1 is 1.38 bits per heavy atom. The van der Waals surface area contributed by atoms with E-state index in [0.29, 0.717) is 5.15 Å². The van der Waals surface area contributed by atoms with Gasteiger partial charge < -0.3 is 5.32 Å². The Hall–Kier alpha value is -0.0200. The highest BCUT2D eigenvalue weighted by molar-refractivity contribution is 6.30. The van der Waals surface area contributed by atoms with Crippen molar-refractivity contribution >= 4 is 36.4 Å². The number of pyridine rings is 1. The lowest BCUT2D eigenvalue weighted by Gasteiger charge is -2.16. The first-order valence-corrected chi connectivity index (χ1v) is 4.08. The van der Waals surface area contributed by atoms with Crippen molar-refractivity contribution in [3.63, 3.8) is 0 Å². The van der Waals surface area contributed by atoms with E-state index in [1.807, 2.05) is 6.07 Å². The van der Waals surface area contributed by atoms with Crippen LogP contribution in [0, 0.1) is 0 Å². The molecule has 0 fully saturated rings. The molecular formula is C8H11Cl3N2. The molecule has 0 spiro atoms. The minimum atomic E-state index is 0. The lowest BCUT2D eigenvalue weighted by atomic mass is 10.0. The third-order valence-electron chi connectivity index (χ3n) is 1.97. The third-order valence-corrected chi connectivity index (χ3v) is 2.30. The molecule has 2 nitrogen and oxygen atoms in total. The number of hydrogen-bond acceptors (Lipinski definition) is 2. The molecule has 1 aromatic heterocycles. The summed E-state index contributed by atoms with van der Waals surface area (Å²) in [6.07, 6.45) is 2.84. The van der Waals surface area contributed by atoms with Crippen molar-refractivity contribution in [3.05, 3.63) is 28.5 Å². The van der Waals surface area contributed by atoms with Crippen LogP contribution in [0.3, 0.4) is 0 Å². The van der Waals surface area contributed by atoms with Gasteiger partial charge in [0.15, 0.2) is 0 Å². The molecule has 0 atom stereocenters. The summed E-state index contributed by atoms with van der Waals surface area (Å²) >= 11 is 5.89. The Kier molecular flexibility index (Phi) is 5.65. The van der Waals surface area contributed by atoms with Gasteiger partial charge >= 0.3 is 0 Å². The summed E-state index contributed by atoms with van der Waals surface area (Å²) in [5, 5.41) is 3.91. The number of nitrogens with one attached hydrogen (secondary N) is 1. The van der Waals surface area contributed by atoms with Gasteiger partial charge in [0, 0.05) is 18.3 Å². The van der Waals surface area contributed by atoms with E-state index in [2.05, 4.69) is 10.3 Å². The average molecular weight is 242 g/mol. The molecule has 5 heteroatoms. The third kappa shape index (κ3) is 2.71. The van der Waals surface area contributed by atoms with E-state index < -0.39 is 0 Å². The van der Waals surface area contributed by atoms with Crippen molar-refractivity contribution in [3.8, 4) is 0 Å². The van der Waals surface area contributed by atoms with Crippen LogP contribution in [0.15, 0.2) is 12.3 Å². The number of hydrogen-bond donors (Lipinski definition) is 1. The highest BCUT2D eigenvalue weighted by Crippen LogP contribution is 2.19. The summed E-state index contributed by atoms with van der Waals surface area (Å²) in [7, 11) is 0. The molecule has 0 aliphatic carbocycles. The van der Waals surface area contributed by atoms with Crippen molar-refractivity contribution < 1.29 is 0 Å². The average Bonchev–Trinajstić information content (AvgIpc) is 2.06. The molecule has 13 heavy (non-hydrogen) atoms. The molecule has 0 saturated carbocycles. The predicted octanol–water partition coefficient (Wildman–Crippen LogP) is 2.22. The summed E-state index contributed by atoms with van der Waals surface area (Å²) in [6.45, 7) is 1.91. The zero-order valence-electron chi connectivity index (χ0n) is 6.92. The number of nitrogens with zero attached hydrogens (tertiary/aromatic N) is 1. The van der Waals surface area contributed by atoms with Crippen LogP contribution in [0.2, 0.25) is 5.15 Å². The van der Waals surface area contributed by atoms with E-state index in [1.54, 1.807) is 6.20 Å². The maximum atomic E-state index is 5.89. The number of rotatable bonds is 0. The second-order valence-corrected chi connectivity index (χ2v) is 3.02. The summed E-state index contributed by atoms with van der Waals surface area (Å²) in [6, 6.07) is 2.04. The van der Waals surface area contributed by atoms with E-state index >= 15 is 0 Å². The molecule has 0 aromatic carbocycles. The Morgan fingerprint density at radius 2 is 2.15 bits per heavy atom. The zero-order valence-corrected chi connectivity index (χ0v) is 9.31. The number of halogens is 3. The lowest BCUT2D eigenvalue weighted by molar-refractivity contribution is 0.641. The summed E-state index contributed by atoms with van der Waals surface area (Å²) < 4.78 is 0. The van der Waals surface area contributed by atoms with Gasteiger partial charge in [-0.2, -0.15) is 0 Å². The summed E-state index contributed by atoms with van der Waals surface area (Å²) in [4.78, 5) is 4.02. The Balaban J connectivity index is 0.000000720. The van der Waals surface area contributed by atoms with Crippen LogP contribution in [0.5, 0.6) is 0 Å². The SMILES string of the molecule is Cl.Cl.Clc1nccc2c1CNCC2. The van der Waals surface area contributed by atoms with E-state index in [4.69, 9.17) is 11.6 Å². The standard InChI is InChI=1S/C8H9ClN2.2ClH/c9-8-7-5-10-3-1-6(7)2-4-11-8;;/h2,4,10H,1,3,5H2;2*1H. The van der Waals surface area contributed by atoms with Gasteiger partial charge in [-0.3, -0.25) is 0 Å². The Labute approximate surface area is 94.9 Å². The highest BCUT2D eigenvalue weighted by Gasteiger charge is 2.11. The minimum absolute atomic E-state index is 0. The van der Waals surface area contributed by atoms with Gasteiger partial charge in [-0.05, 0) is 24.6 Å². The normalized spacial score (nSPS) is 13.6. The van der Waals surface area contributed by atoms with Gasteiger partial charge in [0.1, 0.15) is 5.15 Å². The van der Waals surface area contributed by atoms with Gasteiger partial charge in [-0.25, -0.2) is 4.98 Å². The lowest BCUT2D eigenvalue weighted by Crippen LogP contribution is -2.24. The van der Waals surface area contributed by atoms with Crippen LogP contribution in [-0.4, -0.2) is 11.5 Å². The maximum Gasteiger partial charge on any atom is 0.133 e. The molecule has 0 radical (unpaired) electrons. The van der Waals surface area contributed by atoms with E-state index in [0.717, 1.165) is 19.5 Å². The van der Waals surface area contributed by atoms with Gasteiger partial charge in [0.25, 0.3) is 0 Å². The number of aromatic nitrogens is 1. The van der Waals surface area contributed by atoms with Crippen molar-refractivity contribution in [1.82, 2.24) is 10.3 Å². The van der Waals surface area contributed by atoms with Crippen LogP contribution in [0.25, 0.3) is 0 Å². The van der Waals surface area contributed by atoms with E-state index in [-0.39, 0.29) is 24.8 Å². The molecule has 1 aliphatic rings. The summed E-state index contributed by atoms with van der Waals surface area (Å²) in [5.41, 5.74) is 2.50. The second-order valence-electron chi connectivity index (χ2n) is 2.67. The molecule has 0 unspecified atom stereocenters. The summed E-state index contributed by atoms with van der Waals surface area (Å²) in [5.74, 6) is 0. The van der Waals surface area contributed by atoms with Crippen molar-refractivity contribution in [1.29, 1.82) is 0 Å². The predicted molar refractivity (Wildman–Crippen MR) is 59.2 cm³/mol. The highest BCUT2D eigenvalue weighted by atomic mass is 35.5. The first-order valence-electron chi connectivity index (χ1n) is 3.71. The van der Waals surface area contributed by atoms with Crippen LogP contribution < -0.4 is 5.32 Å².